The van der Waals surface area contributed by atoms with Crippen molar-refractivity contribution in [2.24, 2.45) is 11.8 Å². The first kappa shape index (κ1) is 22.4. The number of hydrogen-bond acceptors (Lipinski definition) is 3. The molecule has 3 nitrogen and oxygen atoms in total. The monoisotopic (exact) mass is 386 g/mol. The highest BCUT2D eigenvalue weighted by atomic mass is 19.2. The van der Waals surface area contributed by atoms with Crippen LogP contribution in [0.5, 0.6) is 0 Å². The third-order valence-electron chi connectivity index (χ3n) is 6.28. The zero-order chi connectivity index (χ0) is 19.8. The maximum atomic E-state index is 14.3. The number of methoxy groups -OCH3 is 1. The van der Waals surface area contributed by atoms with Crippen LogP contribution in [-0.4, -0.2) is 32.5 Å². The van der Waals surface area contributed by atoms with Crippen LogP contribution in [-0.2, 0) is 14.2 Å². The largest absolute Gasteiger partial charge is 0.498 e. The molecule has 1 aliphatic heterocycles. The van der Waals surface area contributed by atoms with Crippen molar-refractivity contribution in [1.82, 2.24) is 0 Å². The van der Waals surface area contributed by atoms with E-state index < -0.39 is 11.7 Å². The number of hydrogen-bond donors (Lipinski definition) is 0. The molecular formula is C22H36F2O3. The molecule has 2 fully saturated rings. The van der Waals surface area contributed by atoms with Gasteiger partial charge >= 0.3 is 0 Å². The van der Waals surface area contributed by atoms with Crippen molar-refractivity contribution in [1.29, 1.82) is 0 Å². The Hall–Kier alpha value is -0.940. The second kappa shape index (κ2) is 11.2. The summed E-state index contributed by atoms with van der Waals surface area (Å²) in [6, 6.07) is 0. The van der Waals surface area contributed by atoms with Gasteiger partial charge in [-0.15, -0.1) is 0 Å². The third kappa shape index (κ3) is 6.28. The Labute approximate surface area is 163 Å². The molecule has 1 saturated carbocycles. The van der Waals surface area contributed by atoms with Crippen molar-refractivity contribution in [3.63, 3.8) is 0 Å². The van der Waals surface area contributed by atoms with Crippen LogP contribution in [0.2, 0.25) is 0 Å². The first-order chi connectivity index (χ1) is 13.0. The SMILES string of the molecule is CC/C(COC1CCC(C2CCC(CC)OC2)CC1)=C(F)\C(F)=C(/C)OC. The van der Waals surface area contributed by atoms with E-state index in [0.717, 1.165) is 38.7 Å². The lowest BCUT2D eigenvalue weighted by Gasteiger charge is -2.37. The molecule has 2 unspecified atom stereocenters. The maximum absolute atomic E-state index is 14.3. The van der Waals surface area contributed by atoms with Crippen LogP contribution in [0.3, 0.4) is 0 Å². The zero-order valence-corrected chi connectivity index (χ0v) is 17.4. The van der Waals surface area contributed by atoms with Crippen molar-refractivity contribution in [3.8, 4) is 0 Å². The third-order valence-corrected chi connectivity index (χ3v) is 6.28. The van der Waals surface area contributed by atoms with Gasteiger partial charge in [-0.05, 0) is 75.7 Å². The molecule has 2 atom stereocenters. The van der Waals surface area contributed by atoms with Gasteiger partial charge in [0.25, 0.3) is 0 Å². The Morgan fingerprint density at radius 3 is 2.15 bits per heavy atom. The van der Waals surface area contributed by atoms with E-state index in [9.17, 15) is 8.78 Å². The lowest BCUT2D eigenvalue weighted by Crippen LogP contribution is -2.33. The summed E-state index contributed by atoms with van der Waals surface area (Å²) in [7, 11) is 1.34. The summed E-state index contributed by atoms with van der Waals surface area (Å²) in [5.74, 6) is -0.419. The molecule has 1 aliphatic carbocycles. The van der Waals surface area contributed by atoms with Gasteiger partial charge < -0.3 is 14.2 Å². The van der Waals surface area contributed by atoms with Gasteiger partial charge in [0.1, 0.15) is 5.76 Å². The molecule has 0 radical (unpaired) electrons. The molecule has 0 amide bonds. The molecule has 2 rings (SSSR count). The average Bonchev–Trinajstić information content (AvgIpc) is 2.73. The number of halogens is 2. The number of rotatable bonds is 8. The van der Waals surface area contributed by atoms with Crippen LogP contribution in [0.4, 0.5) is 8.78 Å². The normalized spacial score (nSPS) is 31.2. The van der Waals surface area contributed by atoms with Crippen LogP contribution in [0.15, 0.2) is 23.0 Å². The van der Waals surface area contributed by atoms with Crippen LogP contribution in [0, 0.1) is 11.8 Å². The highest BCUT2D eigenvalue weighted by molar-refractivity contribution is 5.27. The first-order valence-electron chi connectivity index (χ1n) is 10.5. The van der Waals surface area contributed by atoms with Gasteiger partial charge in [-0.1, -0.05) is 13.8 Å². The minimum Gasteiger partial charge on any atom is -0.498 e. The van der Waals surface area contributed by atoms with Crippen molar-refractivity contribution >= 4 is 0 Å². The molecule has 0 N–H and O–H groups in total. The molecule has 5 heteroatoms. The maximum Gasteiger partial charge on any atom is 0.196 e. The van der Waals surface area contributed by atoms with Gasteiger partial charge in [0.2, 0.25) is 0 Å². The fraction of sp³-hybridized carbons (Fsp3) is 0.818. The van der Waals surface area contributed by atoms with Crippen LogP contribution < -0.4 is 0 Å². The van der Waals surface area contributed by atoms with E-state index >= 15 is 0 Å². The molecule has 1 saturated heterocycles. The van der Waals surface area contributed by atoms with Gasteiger partial charge in [-0.3, -0.25) is 0 Å². The molecule has 27 heavy (non-hydrogen) atoms. The topological polar surface area (TPSA) is 27.7 Å². The van der Waals surface area contributed by atoms with E-state index in [-0.39, 0.29) is 18.5 Å². The van der Waals surface area contributed by atoms with Crippen molar-refractivity contribution < 1.29 is 23.0 Å². The van der Waals surface area contributed by atoms with Crippen molar-refractivity contribution in [2.75, 3.05) is 20.3 Å². The highest BCUT2D eigenvalue weighted by Gasteiger charge is 2.31. The zero-order valence-electron chi connectivity index (χ0n) is 17.4. The summed E-state index contributed by atoms with van der Waals surface area (Å²) in [6.07, 6.45) is 8.83. The molecule has 0 bridgehead atoms. The lowest BCUT2D eigenvalue weighted by atomic mass is 9.76. The van der Waals surface area contributed by atoms with Crippen LogP contribution in [0.25, 0.3) is 0 Å². The number of allylic oxidation sites excluding steroid dienone is 3. The van der Waals surface area contributed by atoms with Gasteiger partial charge in [0, 0.05) is 0 Å². The molecular weight excluding hydrogens is 350 g/mol. The minimum absolute atomic E-state index is 0.0426. The summed E-state index contributed by atoms with van der Waals surface area (Å²) < 4.78 is 44.9. The van der Waals surface area contributed by atoms with Crippen LogP contribution >= 0.6 is 0 Å². The van der Waals surface area contributed by atoms with Gasteiger partial charge in [-0.2, -0.15) is 0 Å². The Kier molecular flexibility index (Phi) is 9.24. The highest BCUT2D eigenvalue weighted by Crippen LogP contribution is 2.37. The minimum atomic E-state index is -0.927. The molecule has 0 aromatic rings. The van der Waals surface area contributed by atoms with E-state index in [1.165, 1.54) is 26.9 Å². The Morgan fingerprint density at radius 1 is 0.963 bits per heavy atom. The van der Waals surface area contributed by atoms with Crippen molar-refractivity contribution in [2.45, 2.75) is 84.3 Å². The fourth-order valence-electron chi connectivity index (χ4n) is 4.19. The molecule has 0 aromatic heterocycles. The summed E-state index contributed by atoms with van der Waals surface area (Å²) in [4.78, 5) is 0. The second-order valence-corrected chi connectivity index (χ2v) is 7.89. The van der Waals surface area contributed by atoms with Gasteiger partial charge in [0.15, 0.2) is 11.7 Å². The lowest BCUT2D eigenvalue weighted by molar-refractivity contribution is -0.0485. The molecule has 156 valence electrons. The average molecular weight is 387 g/mol. The summed E-state index contributed by atoms with van der Waals surface area (Å²) in [5, 5.41) is 0. The number of ether oxygens (including phenoxy) is 3. The molecule has 0 aromatic carbocycles. The predicted molar refractivity (Wildman–Crippen MR) is 104 cm³/mol. The first-order valence-corrected chi connectivity index (χ1v) is 10.5. The van der Waals surface area contributed by atoms with Gasteiger partial charge in [-0.25, -0.2) is 8.78 Å². The Bertz CT molecular complexity index is 514. The summed E-state index contributed by atoms with van der Waals surface area (Å²) >= 11 is 0. The van der Waals surface area contributed by atoms with E-state index in [4.69, 9.17) is 14.2 Å². The van der Waals surface area contributed by atoms with Gasteiger partial charge in [0.05, 0.1) is 32.5 Å². The fourth-order valence-corrected chi connectivity index (χ4v) is 4.19. The van der Waals surface area contributed by atoms with E-state index in [1.54, 1.807) is 0 Å². The van der Waals surface area contributed by atoms with Crippen molar-refractivity contribution in [3.05, 3.63) is 23.0 Å². The molecule has 1 heterocycles. The van der Waals surface area contributed by atoms with E-state index in [0.29, 0.717) is 29.9 Å². The predicted octanol–water partition coefficient (Wildman–Crippen LogP) is 6.25. The van der Waals surface area contributed by atoms with E-state index in [2.05, 4.69) is 6.92 Å². The Morgan fingerprint density at radius 2 is 1.63 bits per heavy atom. The second-order valence-electron chi connectivity index (χ2n) is 7.89. The summed E-state index contributed by atoms with van der Waals surface area (Å²) in [5.41, 5.74) is 0.359. The standard InChI is InChI=1S/C22H36F2O3/c1-5-16(22(24)21(23)15(3)25-4)13-27-20-11-7-17(8-12-20)18-9-10-19(6-2)26-14-18/h17-20H,5-14H2,1-4H3/b21-15-,22-16-. The van der Waals surface area contributed by atoms with Crippen LogP contribution in [0.1, 0.15) is 72.1 Å². The summed E-state index contributed by atoms with van der Waals surface area (Å²) in [6.45, 7) is 6.47. The Balaban J connectivity index is 1.80. The smallest absolute Gasteiger partial charge is 0.196 e. The van der Waals surface area contributed by atoms with E-state index in [1.807, 2.05) is 6.92 Å². The molecule has 0 spiro atoms. The molecule has 2 aliphatic rings. The quantitative estimate of drug-likeness (QED) is 0.365.